The van der Waals surface area contributed by atoms with E-state index in [0.717, 1.165) is 6.33 Å². The van der Waals surface area contributed by atoms with Crippen LogP contribution in [0.15, 0.2) is 85.5 Å². The minimum Gasteiger partial charge on any atom is -0.457 e. The van der Waals surface area contributed by atoms with Crippen LogP contribution in [-0.4, -0.2) is 25.8 Å². The van der Waals surface area contributed by atoms with Crippen molar-refractivity contribution in [2.45, 2.75) is 0 Å². The Hall–Kier alpha value is -5.06. The second-order valence-electron chi connectivity index (χ2n) is 6.56. The zero-order valence-corrected chi connectivity index (χ0v) is 17.0. The number of hydrogen-bond acceptors (Lipinski definition) is 9. The van der Waals surface area contributed by atoms with E-state index in [1.54, 1.807) is 36.4 Å². The number of nitro groups is 1. The predicted octanol–water partition coefficient (Wildman–Crippen LogP) is 4.07. The number of amides is 1. The Morgan fingerprint density at radius 2 is 1.64 bits per heavy atom. The number of carbonyl (C=O) groups is 1. The summed E-state index contributed by atoms with van der Waals surface area (Å²) in [6.07, 6.45) is 4.03. The minimum atomic E-state index is -0.645. The number of para-hydroxylation sites is 1. The van der Waals surface area contributed by atoms with Crippen molar-refractivity contribution < 1.29 is 14.5 Å². The van der Waals surface area contributed by atoms with Crippen molar-refractivity contribution in [1.82, 2.24) is 20.4 Å². The maximum absolute atomic E-state index is 12.2. The molecule has 3 N–H and O–H groups in total. The third kappa shape index (κ3) is 5.35. The quantitative estimate of drug-likeness (QED) is 0.271. The highest BCUT2D eigenvalue weighted by Gasteiger charge is 2.23. The van der Waals surface area contributed by atoms with Gasteiger partial charge in [-0.15, -0.1) is 0 Å². The fourth-order valence-corrected chi connectivity index (χ4v) is 2.79. The normalized spacial score (nSPS) is 10.2. The molecule has 0 saturated heterocycles. The lowest BCUT2D eigenvalue weighted by atomic mass is 10.3. The van der Waals surface area contributed by atoms with Gasteiger partial charge in [0.05, 0.1) is 10.5 Å². The van der Waals surface area contributed by atoms with Crippen molar-refractivity contribution in [2.75, 3.05) is 10.7 Å². The number of nitrogens with zero attached hydrogens (tertiary/aromatic N) is 4. The van der Waals surface area contributed by atoms with Crippen LogP contribution >= 0.6 is 0 Å². The molecule has 0 aliphatic rings. The van der Waals surface area contributed by atoms with E-state index < -0.39 is 16.5 Å². The molecule has 4 rings (SSSR count). The van der Waals surface area contributed by atoms with Gasteiger partial charge in [0, 0.05) is 18.1 Å². The van der Waals surface area contributed by atoms with Crippen molar-refractivity contribution in [3.05, 3.63) is 101 Å². The van der Waals surface area contributed by atoms with Gasteiger partial charge in [-0.1, -0.05) is 18.2 Å². The van der Waals surface area contributed by atoms with Crippen LogP contribution < -0.4 is 20.9 Å². The maximum atomic E-state index is 12.2. The Morgan fingerprint density at radius 3 is 2.33 bits per heavy atom. The van der Waals surface area contributed by atoms with Crippen LogP contribution in [0.1, 0.15) is 10.4 Å². The van der Waals surface area contributed by atoms with Gasteiger partial charge in [0.2, 0.25) is 11.6 Å². The summed E-state index contributed by atoms with van der Waals surface area (Å²) >= 11 is 0. The number of rotatable bonds is 8. The fraction of sp³-hybridized carbons (Fsp3) is 0. The molecule has 0 fully saturated rings. The van der Waals surface area contributed by atoms with Gasteiger partial charge >= 0.3 is 5.69 Å². The summed E-state index contributed by atoms with van der Waals surface area (Å²) in [6, 6.07) is 19.3. The second-order valence-corrected chi connectivity index (χ2v) is 6.56. The summed E-state index contributed by atoms with van der Waals surface area (Å²) < 4.78 is 5.74. The molecular formula is C22H17N7O4. The summed E-state index contributed by atoms with van der Waals surface area (Å²) in [5.41, 5.74) is 5.22. The number of benzene rings is 2. The molecular weight excluding hydrogens is 426 g/mol. The van der Waals surface area contributed by atoms with E-state index in [1.807, 2.05) is 30.3 Å². The third-order valence-corrected chi connectivity index (χ3v) is 4.32. The van der Waals surface area contributed by atoms with E-state index in [-0.39, 0.29) is 17.2 Å². The third-order valence-electron chi connectivity index (χ3n) is 4.32. The Kier molecular flexibility index (Phi) is 6.31. The smallest absolute Gasteiger partial charge is 0.355 e. The van der Waals surface area contributed by atoms with Crippen LogP contribution in [-0.2, 0) is 0 Å². The molecule has 0 spiro atoms. The zero-order valence-electron chi connectivity index (χ0n) is 17.0. The standard InChI is InChI=1S/C22H17N7O4/c30-22(15-5-4-12-23-13-15)28-27-21-19(29(31)32)20(24-14-25-21)26-16-8-10-18(11-9-16)33-17-6-2-1-3-7-17/h1-14H,(H,28,30)(H2,24,25,26,27). The molecule has 0 radical (unpaired) electrons. The first kappa shape index (κ1) is 21.2. The van der Waals surface area contributed by atoms with Crippen molar-refractivity contribution in [3.8, 4) is 11.5 Å². The van der Waals surface area contributed by atoms with Gasteiger partial charge in [-0.05, 0) is 48.5 Å². The number of hydrazine groups is 1. The molecule has 0 saturated carbocycles. The molecule has 33 heavy (non-hydrogen) atoms. The van der Waals surface area contributed by atoms with E-state index >= 15 is 0 Å². The first-order valence-corrected chi connectivity index (χ1v) is 9.66. The van der Waals surface area contributed by atoms with Crippen LogP contribution in [0.5, 0.6) is 11.5 Å². The summed E-state index contributed by atoms with van der Waals surface area (Å²) in [4.78, 5) is 34.9. The van der Waals surface area contributed by atoms with Crippen molar-refractivity contribution >= 4 is 28.9 Å². The van der Waals surface area contributed by atoms with Crippen LogP contribution in [0.25, 0.3) is 0 Å². The van der Waals surface area contributed by atoms with Crippen molar-refractivity contribution in [1.29, 1.82) is 0 Å². The lowest BCUT2D eigenvalue weighted by Crippen LogP contribution is -2.30. The molecule has 0 atom stereocenters. The molecule has 0 bridgehead atoms. The average Bonchev–Trinajstić information content (AvgIpc) is 2.85. The highest BCUT2D eigenvalue weighted by atomic mass is 16.6. The lowest BCUT2D eigenvalue weighted by Gasteiger charge is -2.11. The fourth-order valence-electron chi connectivity index (χ4n) is 2.79. The van der Waals surface area contributed by atoms with Gasteiger partial charge in [0.25, 0.3) is 5.91 Å². The molecule has 164 valence electrons. The molecule has 4 aromatic rings. The SMILES string of the molecule is O=C(NNc1ncnc(Nc2ccc(Oc3ccccc3)cc2)c1[N+](=O)[O-])c1cccnc1. The van der Waals surface area contributed by atoms with E-state index in [0.29, 0.717) is 17.2 Å². The Bertz CT molecular complexity index is 1250. The predicted molar refractivity (Wildman–Crippen MR) is 120 cm³/mol. The van der Waals surface area contributed by atoms with Crippen LogP contribution in [0.2, 0.25) is 0 Å². The number of aromatic nitrogens is 3. The molecule has 11 heteroatoms. The minimum absolute atomic E-state index is 0.0511. The van der Waals surface area contributed by atoms with Crippen molar-refractivity contribution in [2.24, 2.45) is 0 Å². The molecule has 2 heterocycles. The Labute approximate surface area is 187 Å². The first-order chi connectivity index (χ1) is 16.1. The van der Waals surface area contributed by atoms with Crippen LogP contribution in [0, 0.1) is 10.1 Å². The van der Waals surface area contributed by atoms with Gasteiger partial charge in [-0.3, -0.25) is 30.7 Å². The monoisotopic (exact) mass is 443 g/mol. The molecule has 2 aromatic carbocycles. The molecule has 2 aromatic heterocycles. The molecule has 0 aliphatic heterocycles. The summed E-state index contributed by atoms with van der Waals surface area (Å²) in [6.45, 7) is 0. The average molecular weight is 443 g/mol. The highest BCUT2D eigenvalue weighted by Crippen LogP contribution is 2.31. The molecule has 11 nitrogen and oxygen atoms in total. The van der Waals surface area contributed by atoms with Crippen molar-refractivity contribution in [3.63, 3.8) is 0 Å². The van der Waals surface area contributed by atoms with E-state index in [4.69, 9.17) is 4.74 Å². The zero-order chi connectivity index (χ0) is 23.0. The topological polar surface area (TPSA) is 144 Å². The highest BCUT2D eigenvalue weighted by molar-refractivity contribution is 5.94. The molecule has 1 amide bonds. The van der Waals surface area contributed by atoms with E-state index in [1.165, 1.54) is 12.4 Å². The van der Waals surface area contributed by atoms with Gasteiger partial charge in [0.15, 0.2) is 0 Å². The maximum Gasteiger partial charge on any atom is 0.355 e. The number of carbonyl (C=O) groups excluding carboxylic acids is 1. The van der Waals surface area contributed by atoms with E-state index in [2.05, 4.69) is 31.1 Å². The number of pyridine rings is 1. The number of nitrogens with one attached hydrogen (secondary N) is 3. The van der Waals surface area contributed by atoms with Gasteiger partial charge in [-0.25, -0.2) is 9.97 Å². The molecule has 0 aliphatic carbocycles. The van der Waals surface area contributed by atoms with Crippen LogP contribution in [0.3, 0.4) is 0 Å². The number of ether oxygens (including phenoxy) is 1. The summed E-state index contributed by atoms with van der Waals surface area (Å²) in [5, 5.41) is 14.6. The number of hydrogen-bond donors (Lipinski definition) is 3. The Morgan fingerprint density at radius 1 is 0.909 bits per heavy atom. The largest absolute Gasteiger partial charge is 0.457 e. The summed E-state index contributed by atoms with van der Waals surface area (Å²) in [5.74, 6) is 0.529. The second kappa shape index (κ2) is 9.83. The van der Waals surface area contributed by atoms with E-state index in [9.17, 15) is 14.9 Å². The molecule has 0 unspecified atom stereocenters. The Balaban J connectivity index is 1.48. The van der Waals surface area contributed by atoms with Gasteiger partial charge < -0.3 is 10.1 Å². The summed E-state index contributed by atoms with van der Waals surface area (Å²) in [7, 11) is 0. The van der Waals surface area contributed by atoms with Gasteiger partial charge in [0.1, 0.15) is 17.8 Å². The number of anilines is 3. The van der Waals surface area contributed by atoms with Crippen LogP contribution in [0.4, 0.5) is 23.0 Å². The lowest BCUT2D eigenvalue weighted by molar-refractivity contribution is -0.383. The van der Waals surface area contributed by atoms with Gasteiger partial charge in [-0.2, -0.15) is 0 Å². The first-order valence-electron chi connectivity index (χ1n) is 9.66.